The lowest BCUT2D eigenvalue weighted by Crippen LogP contribution is -2.39. The zero-order chi connectivity index (χ0) is 22.4. The number of benzene rings is 1. The second-order valence-corrected chi connectivity index (χ2v) is 8.03. The lowest BCUT2D eigenvalue weighted by Gasteiger charge is -2.32. The van der Waals surface area contributed by atoms with E-state index >= 15 is 0 Å². The molecule has 1 aromatic carbocycles. The average Bonchev–Trinajstić information content (AvgIpc) is 3.20. The minimum absolute atomic E-state index is 0.0920. The van der Waals surface area contributed by atoms with Crippen molar-refractivity contribution in [3.63, 3.8) is 0 Å². The number of rotatable bonds is 3. The highest BCUT2D eigenvalue weighted by Gasteiger charge is 2.27. The Kier molecular flexibility index (Phi) is 5.10. The minimum atomic E-state index is -0.557. The molecule has 4 aromatic rings. The Bertz CT molecular complexity index is 1390. The first-order valence-electron chi connectivity index (χ1n) is 9.98. The van der Waals surface area contributed by atoms with Crippen LogP contribution in [0.4, 0.5) is 10.3 Å². The topological polar surface area (TPSA) is 102 Å². The zero-order valence-corrected chi connectivity index (χ0v) is 18.1. The van der Waals surface area contributed by atoms with Crippen molar-refractivity contribution in [3.8, 4) is 11.3 Å². The highest BCUT2D eigenvalue weighted by atomic mass is 35.5. The first-order chi connectivity index (χ1) is 15.4. The number of nitrogens with zero attached hydrogens (tertiary/aromatic N) is 6. The lowest BCUT2D eigenvalue weighted by molar-refractivity contribution is 0.0392. The third-order valence-corrected chi connectivity index (χ3v) is 5.53. The third-order valence-electron chi connectivity index (χ3n) is 5.29. The van der Waals surface area contributed by atoms with E-state index in [1.807, 2.05) is 18.1 Å². The Morgan fingerprint density at radius 1 is 1.25 bits per heavy atom. The predicted octanol–water partition coefficient (Wildman–Crippen LogP) is 2.79. The average molecular weight is 456 g/mol. The van der Waals surface area contributed by atoms with Gasteiger partial charge in [-0.15, -0.1) is 0 Å². The molecule has 11 heteroatoms. The number of aromatic nitrogens is 6. The number of nitrogens with one attached hydrogen (secondary N) is 1. The van der Waals surface area contributed by atoms with Crippen LogP contribution in [-0.4, -0.2) is 49.4 Å². The standard InChI is InChI=1S/C21H19ClFN7O2/c1-11-25-18-17(14-4-3-13(22)7-15(14)23)27-21(28-19(18)20(31)26-11)30-5-6-32-16(10-30)12-8-24-29(2)9-12/h3-4,7-9,16H,5-6,10H2,1-2H3,(H,25,26,31)/t16-/m0/s1. The van der Waals surface area contributed by atoms with Crippen molar-refractivity contribution in [2.75, 3.05) is 24.6 Å². The summed E-state index contributed by atoms with van der Waals surface area (Å²) in [5.41, 5.74) is 1.26. The minimum Gasteiger partial charge on any atom is -0.370 e. The quantitative estimate of drug-likeness (QED) is 0.506. The Hall–Kier alpha value is -3.37. The third kappa shape index (κ3) is 3.71. The fourth-order valence-corrected chi connectivity index (χ4v) is 3.93. The SMILES string of the molecule is Cc1nc2c(-c3ccc(Cl)cc3F)nc(N3CCO[C@H](c4cnn(C)c4)C3)nc2c(=O)[nH]1. The number of hydrogen-bond acceptors (Lipinski definition) is 7. The van der Waals surface area contributed by atoms with E-state index in [4.69, 9.17) is 16.3 Å². The molecule has 1 fully saturated rings. The summed E-state index contributed by atoms with van der Waals surface area (Å²) in [5.74, 6) is 0.131. The molecule has 0 spiro atoms. The molecule has 1 N–H and O–H groups in total. The van der Waals surface area contributed by atoms with Crippen LogP contribution >= 0.6 is 11.6 Å². The lowest BCUT2D eigenvalue weighted by atomic mass is 10.1. The summed E-state index contributed by atoms with van der Waals surface area (Å²) in [6, 6.07) is 4.30. The number of halogens is 2. The Morgan fingerprint density at radius 2 is 2.09 bits per heavy atom. The van der Waals surface area contributed by atoms with E-state index in [1.54, 1.807) is 23.9 Å². The normalized spacial score (nSPS) is 16.6. The Labute approximate surface area is 186 Å². The molecule has 1 aliphatic heterocycles. The number of morpholine rings is 1. The molecule has 0 unspecified atom stereocenters. The highest BCUT2D eigenvalue weighted by molar-refractivity contribution is 6.30. The summed E-state index contributed by atoms with van der Waals surface area (Å²) in [6.45, 7) is 3.06. The van der Waals surface area contributed by atoms with Gasteiger partial charge < -0.3 is 14.6 Å². The van der Waals surface area contributed by atoms with Crippen molar-refractivity contribution in [2.45, 2.75) is 13.0 Å². The van der Waals surface area contributed by atoms with E-state index in [1.165, 1.54) is 12.1 Å². The van der Waals surface area contributed by atoms with Gasteiger partial charge >= 0.3 is 0 Å². The van der Waals surface area contributed by atoms with E-state index in [2.05, 4.69) is 25.0 Å². The number of anilines is 1. The van der Waals surface area contributed by atoms with Crippen molar-refractivity contribution in [3.05, 3.63) is 63.2 Å². The number of ether oxygens (including phenoxy) is 1. The number of hydrogen-bond donors (Lipinski definition) is 1. The molecule has 0 saturated carbocycles. The molecule has 0 amide bonds. The summed E-state index contributed by atoms with van der Waals surface area (Å²) in [6.07, 6.45) is 3.41. The van der Waals surface area contributed by atoms with E-state index in [0.717, 1.165) is 5.56 Å². The first kappa shape index (κ1) is 20.5. The van der Waals surface area contributed by atoms with Gasteiger partial charge in [0.15, 0.2) is 5.52 Å². The predicted molar refractivity (Wildman–Crippen MR) is 117 cm³/mol. The second-order valence-electron chi connectivity index (χ2n) is 7.60. The van der Waals surface area contributed by atoms with Gasteiger partial charge in [0, 0.05) is 35.9 Å². The number of H-pyrrole nitrogens is 1. The molecule has 9 nitrogen and oxygen atoms in total. The molecule has 0 bridgehead atoms. The van der Waals surface area contributed by atoms with Gasteiger partial charge in [0.2, 0.25) is 5.95 Å². The van der Waals surface area contributed by atoms with Crippen LogP contribution in [0.25, 0.3) is 22.3 Å². The van der Waals surface area contributed by atoms with Crippen molar-refractivity contribution >= 4 is 28.6 Å². The monoisotopic (exact) mass is 455 g/mol. The summed E-state index contributed by atoms with van der Waals surface area (Å²) in [4.78, 5) is 30.8. The van der Waals surface area contributed by atoms with Gasteiger partial charge in [0.1, 0.15) is 29.0 Å². The van der Waals surface area contributed by atoms with Crippen LogP contribution in [0.15, 0.2) is 35.4 Å². The largest absolute Gasteiger partial charge is 0.370 e. The maximum absolute atomic E-state index is 14.8. The van der Waals surface area contributed by atoms with Crippen LogP contribution in [0, 0.1) is 12.7 Å². The molecule has 1 atom stereocenters. The molecular formula is C21H19ClFN7O2. The molecule has 0 aliphatic carbocycles. The number of aryl methyl sites for hydroxylation is 2. The van der Waals surface area contributed by atoms with Crippen LogP contribution < -0.4 is 10.5 Å². The summed E-state index contributed by atoms with van der Waals surface area (Å²) >= 11 is 5.93. The summed E-state index contributed by atoms with van der Waals surface area (Å²) in [7, 11) is 1.84. The van der Waals surface area contributed by atoms with Crippen molar-refractivity contribution in [1.29, 1.82) is 0 Å². The van der Waals surface area contributed by atoms with E-state index in [-0.39, 0.29) is 33.4 Å². The molecule has 164 valence electrons. The molecule has 1 aliphatic rings. The van der Waals surface area contributed by atoms with Gasteiger partial charge in [-0.25, -0.2) is 19.3 Å². The Balaban J connectivity index is 1.64. The molecular weight excluding hydrogens is 437 g/mol. The van der Waals surface area contributed by atoms with Crippen molar-refractivity contribution in [1.82, 2.24) is 29.7 Å². The molecule has 0 radical (unpaired) electrons. The highest BCUT2D eigenvalue weighted by Crippen LogP contribution is 2.31. The Morgan fingerprint density at radius 3 is 2.84 bits per heavy atom. The molecule has 32 heavy (non-hydrogen) atoms. The smallest absolute Gasteiger partial charge is 0.277 e. The molecule has 5 rings (SSSR count). The first-order valence-corrected chi connectivity index (χ1v) is 10.4. The maximum atomic E-state index is 14.8. The fraction of sp³-hybridized carbons (Fsp3) is 0.286. The maximum Gasteiger partial charge on any atom is 0.277 e. The molecule has 4 heterocycles. The zero-order valence-electron chi connectivity index (χ0n) is 17.3. The van der Waals surface area contributed by atoms with Crippen LogP contribution in [0.1, 0.15) is 17.5 Å². The van der Waals surface area contributed by atoms with Crippen LogP contribution in [0.2, 0.25) is 5.02 Å². The van der Waals surface area contributed by atoms with Gasteiger partial charge in [0.25, 0.3) is 5.56 Å². The van der Waals surface area contributed by atoms with Gasteiger partial charge in [-0.3, -0.25) is 9.48 Å². The van der Waals surface area contributed by atoms with Crippen molar-refractivity contribution < 1.29 is 9.13 Å². The van der Waals surface area contributed by atoms with Gasteiger partial charge in [-0.2, -0.15) is 5.10 Å². The number of aromatic amines is 1. The molecule has 1 saturated heterocycles. The van der Waals surface area contributed by atoms with E-state index in [9.17, 15) is 9.18 Å². The van der Waals surface area contributed by atoms with Crippen molar-refractivity contribution in [2.24, 2.45) is 7.05 Å². The fourth-order valence-electron chi connectivity index (χ4n) is 3.78. The van der Waals surface area contributed by atoms with Gasteiger partial charge in [-0.1, -0.05) is 11.6 Å². The number of fused-ring (bicyclic) bond motifs is 1. The van der Waals surface area contributed by atoms with Gasteiger partial charge in [0.05, 0.1) is 19.3 Å². The van der Waals surface area contributed by atoms with E-state index in [0.29, 0.717) is 31.5 Å². The summed E-state index contributed by atoms with van der Waals surface area (Å²) in [5, 5.41) is 4.46. The molecule has 3 aromatic heterocycles. The van der Waals surface area contributed by atoms with Crippen LogP contribution in [0.3, 0.4) is 0 Å². The van der Waals surface area contributed by atoms with Crippen LogP contribution in [0.5, 0.6) is 0 Å². The van der Waals surface area contributed by atoms with Crippen LogP contribution in [-0.2, 0) is 11.8 Å². The van der Waals surface area contributed by atoms with Gasteiger partial charge in [-0.05, 0) is 25.1 Å². The second kappa shape index (κ2) is 7.95. The van der Waals surface area contributed by atoms with E-state index < -0.39 is 11.4 Å². The summed E-state index contributed by atoms with van der Waals surface area (Å²) < 4.78 is 22.4.